The van der Waals surface area contributed by atoms with Gasteiger partial charge in [0.15, 0.2) is 0 Å². The van der Waals surface area contributed by atoms with Crippen LogP contribution in [0.1, 0.15) is 49.5 Å². The third-order valence-corrected chi connectivity index (χ3v) is 4.51. The van der Waals surface area contributed by atoms with E-state index in [4.69, 9.17) is 0 Å². The lowest BCUT2D eigenvalue weighted by atomic mass is 9.97. The molecular formula is C19H30N2O2. The van der Waals surface area contributed by atoms with Crippen LogP contribution in [-0.2, 0) is 6.42 Å². The monoisotopic (exact) mass is 318 g/mol. The fourth-order valence-electron chi connectivity index (χ4n) is 3.15. The number of carbonyl (C=O) groups is 1. The number of hydrogen-bond acceptors (Lipinski definition) is 3. The van der Waals surface area contributed by atoms with Crippen LogP contribution < -0.4 is 0 Å². The summed E-state index contributed by atoms with van der Waals surface area (Å²) in [5.74, 6) is 0.123. The minimum absolute atomic E-state index is 0.123. The van der Waals surface area contributed by atoms with E-state index in [-0.39, 0.29) is 11.9 Å². The van der Waals surface area contributed by atoms with Gasteiger partial charge in [-0.05, 0) is 71.3 Å². The Labute approximate surface area is 140 Å². The number of likely N-dealkylation sites (N-methyl/N-ethyl adjacent to an activating group) is 1. The molecule has 23 heavy (non-hydrogen) atoms. The van der Waals surface area contributed by atoms with Crippen molar-refractivity contribution in [2.75, 3.05) is 26.7 Å². The number of carbonyl (C=O) groups excluding carboxylic acids is 1. The molecule has 2 rings (SSSR count). The Morgan fingerprint density at radius 1 is 1.35 bits per heavy atom. The van der Waals surface area contributed by atoms with Crippen molar-refractivity contribution in [2.24, 2.45) is 0 Å². The first-order valence-corrected chi connectivity index (χ1v) is 8.57. The molecule has 4 nitrogen and oxygen atoms in total. The smallest absolute Gasteiger partial charge is 0.254 e. The number of aryl methyl sites for hydroxylation is 1. The quantitative estimate of drug-likeness (QED) is 0.928. The molecular weight excluding hydrogens is 288 g/mol. The molecule has 0 spiro atoms. The molecule has 0 aromatic heterocycles. The molecule has 0 aliphatic carbocycles. The molecule has 0 bridgehead atoms. The Morgan fingerprint density at radius 2 is 2.09 bits per heavy atom. The summed E-state index contributed by atoms with van der Waals surface area (Å²) in [6.07, 6.45) is 2.49. The Bertz CT molecular complexity index is 536. The first-order chi connectivity index (χ1) is 10.8. The molecule has 1 amide bonds. The van der Waals surface area contributed by atoms with Crippen LogP contribution in [0.15, 0.2) is 24.3 Å². The van der Waals surface area contributed by atoms with Crippen LogP contribution >= 0.6 is 0 Å². The molecule has 1 aliphatic rings. The second-order valence-electron chi connectivity index (χ2n) is 7.48. The fraction of sp³-hybridized carbons (Fsp3) is 0.632. The summed E-state index contributed by atoms with van der Waals surface area (Å²) in [4.78, 5) is 17.2. The van der Waals surface area contributed by atoms with Crippen molar-refractivity contribution in [3.63, 3.8) is 0 Å². The van der Waals surface area contributed by atoms with Crippen LogP contribution in [-0.4, -0.2) is 59.1 Å². The van der Waals surface area contributed by atoms with Gasteiger partial charge < -0.3 is 14.9 Å². The van der Waals surface area contributed by atoms with Crippen LogP contribution in [0.3, 0.4) is 0 Å². The van der Waals surface area contributed by atoms with E-state index in [0.29, 0.717) is 6.42 Å². The zero-order chi connectivity index (χ0) is 17.0. The zero-order valence-corrected chi connectivity index (χ0v) is 14.9. The van der Waals surface area contributed by atoms with Crippen molar-refractivity contribution in [1.29, 1.82) is 0 Å². The Hall–Kier alpha value is -1.39. The van der Waals surface area contributed by atoms with Gasteiger partial charge in [0.05, 0.1) is 5.60 Å². The van der Waals surface area contributed by atoms with E-state index in [9.17, 15) is 9.90 Å². The predicted octanol–water partition coefficient (Wildman–Crippen LogP) is 2.56. The SMILES string of the molecule is C[C@@H]1CN(C)CCCN1C(=O)c1cccc(CCC(C)(C)O)c1. The van der Waals surface area contributed by atoms with Gasteiger partial charge in [-0.15, -0.1) is 0 Å². The van der Waals surface area contributed by atoms with Gasteiger partial charge in [-0.1, -0.05) is 12.1 Å². The van der Waals surface area contributed by atoms with E-state index in [2.05, 4.69) is 18.9 Å². The molecule has 1 N–H and O–H groups in total. The molecule has 1 heterocycles. The molecule has 0 radical (unpaired) electrons. The minimum Gasteiger partial charge on any atom is -0.390 e. The summed E-state index contributed by atoms with van der Waals surface area (Å²) in [7, 11) is 2.11. The van der Waals surface area contributed by atoms with E-state index >= 15 is 0 Å². The summed E-state index contributed by atoms with van der Waals surface area (Å²) in [6.45, 7) is 8.54. The van der Waals surface area contributed by atoms with Crippen LogP contribution in [0, 0.1) is 0 Å². The lowest BCUT2D eigenvalue weighted by Crippen LogP contribution is -2.42. The summed E-state index contributed by atoms with van der Waals surface area (Å²) in [5.41, 5.74) is 1.19. The molecule has 4 heteroatoms. The number of benzene rings is 1. The van der Waals surface area contributed by atoms with Crippen LogP contribution in [0.2, 0.25) is 0 Å². The molecule has 0 saturated carbocycles. The van der Waals surface area contributed by atoms with Crippen LogP contribution in [0.5, 0.6) is 0 Å². The van der Waals surface area contributed by atoms with E-state index in [1.54, 1.807) is 0 Å². The van der Waals surface area contributed by atoms with Crippen LogP contribution in [0.25, 0.3) is 0 Å². The minimum atomic E-state index is -0.677. The number of nitrogens with zero attached hydrogens (tertiary/aromatic N) is 2. The average Bonchev–Trinajstić information content (AvgIpc) is 2.64. The van der Waals surface area contributed by atoms with E-state index in [1.807, 2.05) is 43.0 Å². The summed E-state index contributed by atoms with van der Waals surface area (Å²) < 4.78 is 0. The normalized spacial score (nSPS) is 20.4. The Morgan fingerprint density at radius 3 is 2.78 bits per heavy atom. The topological polar surface area (TPSA) is 43.8 Å². The highest BCUT2D eigenvalue weighted by Gasteiger charge is 2.25. The van der Waals surface area contributed by atoms with Crippen LogP contribution in [0.4, 0.5) is 0 Å². The summed E-state index contributed by atoms with van der Waals surface area (Å²) in [5, 5.41) is 9.87. The van der Waals surface area contributed by atoms with Crippen molar-refractivity contribution in [2.45, 2.75) is 51.7 Å². The van der Waals surface area contributed by atoms with E-state index in [1.165, 1.54) is 0 Å². The molecule has 1 fully saturated rings. The maximum Gasteiger partial charge on any atom is 0.254 e. The molecule has 0 unspecified atom stereocenters. The maximum atomic E-state index is 12.9. The van der Waals surface area contributed by atoms with Gasteiger partial charge in [-0.25, -0.2) is 0 Å². The van der Waals surface area contributed by atoms with Gasteiger partial charge in [-0.3, -0.25) is 4.79 Å². The average molecular weight is 318 g/mol. The largest absolute Gasteiger partial charge is 0.390 e. The number of amides is 1. The molecule has 1 aliphatic heterocycles. The van der Waals surface area contributed by atoms with Crippen molar-refractivity contribution >= 4 is 5.91 Å². The van der Waals surface area contributed by atoms with Gasteiger partial charge in [0.25, 0.3) is 5.91 Å². The van der Waals surface area contributed by atoms with Crippen molar-refractivity contribution in [1.82, 2.24) is 9.80 Å². The first-order valence-electron chi connectivity index (χ1n) is 8.57. The number of aliphatic hydroxyl groups is 1. The third-order valence-electron chi connectivity index (χ3n) is 4.51. The molecule has 1 aromatic rings. The van der Waals surface area contributed by atoms with Crippen molar-refractivity contribution in [3.05, 3.63) is 35.4 Å². The fourth-order valence-corrected chi connectivity index (χ4v) is 3.15. The Balaban J connectivity index is 2.09. The van der Waals surface area contributed by atoms with Crippen molar-refractivity contribution < 1.29 is 9.90 Å². The first kappa shape index (κ1) is 18.0. The summed E-state index contributed by atoms with van der Waals surface area (Å²) >= 11 is 0. The maximum absolute atomic E-state index is 12.9. The predicted molar refractivity (Wildman–Crippen MR) is 93.7 cm³/mol. The Kier molecular flexibility index (Phi) is 5.82. The lowest BCUT2D eigenvalue weighted by molar-refractivity contribution is 0.0696. The highest BCUT2D eigenvalue weighted by molar-refractivity contribution is 5.94. The van der Waals surface area contributed by atoms with E-state index in [0.717, 1.165) is 43.6 Å². The summed E-state index contributed by atoms with van der Waals surface area (Å²) in [6, 6.07) is 8.09. The number of rotatable bonds is 4. The second-order valence-corrected chi connectivity index (χ2v) is 7.48. The lowest BCUT2D eigenvalue weighted by Gasteiger charge is -2.28. The van der Waals surface area contributed by atoms with Gasteiger partial charge in [0.2, 0.25) is 0 Å². The molecule has 1 saturated heterocycles. The number of hydrogen-bond donors (Lipinski definition) is 1. The highest BCUT2D eigenvalue weighted by atomic mass is 16.3. The zero-order valence-electron chi connectivity index (χ0n) is 14.9. The van der Waals surface area contributed by atoms with Gasteiger partial charge in [-0.2, -0.15) is 0 Å². The van der Waals surface area contributed by atoms with Crippen molar-refractivity contribution in [3.8, 4) is 0 Å². The standard InChI is InChI=1S/C19H30N2O2/c1-15-14-20(4)11-6-12-21(15)18(22)17-8-5-7-16(13-17)9-10-19(2,3)23/h5,7-8,13,15,23H,6,9-12,14H2,1-4H3/t15-/m1/s1. The molecule has 1 atom stereocenters. The molecule has 128 valence electrons. The highest BCUT2D eigenvalue weighted by Crippen LogP contribution is 2.17. The van der Waals surface area contributed by atoms with Gasteiger partial charge in [0, 0.05) is 24.7 Å². The van der Waals surface area contributed by atoms with E-state index < -0.39 is 5.60 Å². The van der Waals surface area contributed by atoms with Gasteiger partial charge >= 0.3 is 0 Å². The van der Waals surface area contributed by atoms with Gasteiger partial charge in [0.1, 0.15) is 0 Å². The third kappa shape index (κ3) is 5.33. The molecule has 1 aromatic carbocycles. The second kappa shape index (κ2) is 7.45.